The molecule has 1 aliphatic heterocycles. The fraction of sp³-hybridized carbons (Fsp3) is 0.406. The third-order valence-corrected chi connectivity index (χ3v) is 7.55. The summed E-state index contributed by atoms with van der Waals surface area (Å²) in [6.45, 7) is 6.18. The van der Waals surface area contributed by atoms with Crippen LogP contribution in [-0.2, 0) is 22.4 Å². The molecule has 0 saturated carbocycles. The van der Waals surface area contributed by atoms with E-state index in [0.717, 1.165) is 29.8 Å². The van der Waals surface area contributed by atoms with Crippen LogP contribution < -0.4 is 10.1 Å². The largest absolute Gasteiger partial charge is 0.481 e. The summed E-state index contributed by atoms with van der Waals surface area (Å²) in [5.41, 5.74) is 1.14. The summed E-state index contributed by atoms with van der Waals surface area (Å²) in [4.78, 5) is 4.45. The van der Waals surface area contributed by atoms with Crippen LogP contribution in [0.25, 0.3) is 0 Å². The highest BCUT2D eigenvalue weighted by atomic mass is 35.5. The lowest BCUT2D eigenvalue weighted by molar-refractivity contribution is -0.0525. The number of aliphatic hydroxyl groups is 1. The summed E-state index contributed by atoms with van der Waals surface area (Å²) in [6.07, 6.45) is 8.10. The van der Waals surface area contributed by atoms with Crippen molar-refractivity contribution in [2.45, 2.75) is 63.8 Å². The molecule has 1 saturated heterocycles. The predicted octanol–water partition coefficient (Wildman–Crippen LogP) is 8.28. The van der Waals surface area contributed by atoms with E-state index in [1.165, 1.54) is 13.8 Å². The number of aliphatic hydroxyl groups excluding tert-OH is 1. The van der Waals surface area contributed by atoms with Crippen LogP contribution in [0.15, 0.2) is 72.9 Å². The van der Waals surface area contributed by atoms with Crippen LogP contribution in [0, 0.1) is 0 Å². The number of benzene rings is 2. The van der Waals surface area contributed by atoms with Crippen molar-refractivity contribution in [3.8, 4) is 5.75 Å². The van der Waals surface area contributed by atoms with E-state index in [4.69, 9.17) is 32.7 Å². The molecule has 8 heteroatoms. The van der Waals surface area contributed by atoms with Gasteiger partial charge < -0.3 is 19.9 Å². The molecular weight excluding hydrogens is 550 g/mol. The molecule has 3 aromatic rings. The van der Waals surface area contributed by atoms with Gasteiger partial charge in [-0.2, -0.15) is 0 Å². The number of anilines is 1. The summed E-state index contributed by atoms with van der Waals surface area (Å²) in [6, 6.07) is 16.9. The molecule has 2 aromatic carbocycles. The van der Waals surface area contributed by atoms with E-state index in [1.807, 2.05) is 43.4 Å². The average molecular weight is 590 g/mol. The standard InChI is InChI=1S/C17H18Cl2N2O2.C15H21FO/c1-20-13-2-4-14(5-3-13)23-17(6-8-22-9-7-17)16-15(19)10-12(18)11-21-16;1-4-5-6-7-13-8-10-14(11-9-13)15(3,16)12(2)17/h2-5,10-11,20H,6-9H2,1H3;5-6,8-12,17H,4,7H2,1-3H3/b;6-5+. The van der Waals surface area contributed by atoms with Gasteiger partial charge in [-0.15, -0.1) is 0 Å². The maximum Gasteiger partial charge on any atom is 0.158 e. The Labute approximate surface area is 247 Å². The van der Waals surface area contributed by atoms with Crippen molar-refractivity contribution in [3.63, 3.8) is 0 Å². The number of hydrogen-bond acceptors (Lipinski definition) is 5. The molecule has 0 spiro atoms. The zero-order valence-electron chi connectivity index (χ0n) is 23.6. The topological polar surface area (TPSA) is 63.6 Å². The molecule has 5 nitrogen and oxygen atoms in total. The smallest absolute Gasteiger partial charge is 0.158 e. The van der Waals surface area contributed by atoms with E-state index in [9.17, 15) is 9.50 Å². The highest BCUT2D eigenvalue weighted by Crippen LogP contribution is 2.40. The second-order valence-corrected chi connectivity index (χ2v) is 10.8. The van der Waals surface area contributed by atoms with E-state index < -0.39 is 17.4 Å². The number of hydrogen-bond donors (Lipinski definition) is 2. The van der Waals surface area contributed by atoms with Crippen LogP contribution in [0.5, 0.6) is 5.75 Å². The fourth-order valence-corrected chi connectivity index (χ4v) is 4.90. The lowest BCUT2D eigenvalue weighted by Crippen LogP contribution is -2.40. The van der Waals surface area contributed by atoms with Crippen LogP contribution in [-0.4, -0.2) is 36.5 Å². The van der Waals surface area contributed by atoms with Crippen LogP contribution >= 0.6 is 23.2 Å². The van der Waals surface area contributed by atoms with Crippen molar-refractivity contribution in [1.29, 1.82) is 0 Å². The van der Waals surface area contributed by atoms with Gasteiger partial charge in [0.2, 0.25) is 0 Å². The highest BCUT2D eigenvalue weighted by Gasteiger charge is 2.40. The van der Waals surface area contributed by atoms with Crippen LogP contribution in [0.3, 0.4) is 0 Å². The molecule has 2 N–H and O–H groups in total. The number of rotatable bonds is 9. The minimum absolute atomic E-state index is 0.513. The first-order valence-electron chi connectivity index (χ1n) is 13.6. The second kappa shape index (κ2) is 14.8. The predicted molar refractivity (Wildman–Crippen MR) is 162 cm³/mol. The molecule has 0 aliphatic carbocycles. The van der Waals surface area contributed by atoms with Crippen molar-refractivity contribution >= 4 is 28.9 Å². The second-order valence-electron chi connectivity index (χ2n) is 10.00. The van der Waals surface area contributed by atoms with Gasteiger partial charge >= 0.3 is 0 Å². The van der Waals surface area contributed by atoms with E-state index in [2.05, 4.69) is 29.4 Å². The summed E-state index contributed by atoms with van der Waals surface area (Å²) < 4.78 is 26.0. The van der Waals surface area contributed by atoms with Gasteiger partial charge in [0, 0.05) is 31.8 Å². The third-order valence-electron chi connectivity index (χ3n) is 7.05. The molecule has 0 amide bonds. The zero-order valence-corrected chi connectivity index (χ0v) is 25.1. The molecule has 2 atom stereocenters. The molecule has 4 rings (SSSR count). The maximum atomic E-state index is 14.1. The van der Waals surface area contributed by atoms with Gasteiger partial charge in [-0.3, -0.25) is 4.98 Å². The first-order chi connectivity index (χ1) is 19.1. The summed E-state index contributed by atoms with van der Waals surface area (Å²) in [5.74, 6) is 0.777. The van der Waals surface area contributed by atoms with Gasteiger partial charge in [0.05, 0.1) is 29.4 Å². The van der Waals surface area contributed by atoms with Crippen molar-refractivity contribution in [1.82, 2.24) is 4.98 Å². The monoisotopic (exact) mass is 588 g/mol. The van der Waals surface area contributed by atoms with Crippen molar-refractivity contribution in [2.24, 2.45) is 0 Å². The lowest BCUT2D eigenvalue weighted by Gasteiger charge is -2.37. The van der Waals surface area contributed by atoms with Crippen LogP contribution in [0.4, 0.5) is 10.1 Å². The van der Waals surface area contributed by atoms with Gasteiger partial charge in [0.25, 0.3) is 0 Å². The lowest BCUT2D eigenvalue weighted by atomic mass is 9.89. The fourth-order valence-electron chi connectivity index (χ4n) is 4.35. The number of allylic oxidation sites excluding steroid dienone is 2. The normalized spacial score (nSPS) is 16.9. The van der Waals surface area contributed by atoms with Gasteiger partial charge in [-0.05, 0) is 68.1 Å². The Hall–Kier alpha value is -2.64. The number of aromatic nitrogens is 1. The molecule has 0 bridgehead atoms. The van der Waals surface area contributed by atoms with E-state index in [1.54, 1.807) is 24.4 Å². The van der Waals surface area contributed by atoms with Crippen molar-refractivity contribution < 1.29 is 19.0 Å². The molecule has 40 heavy (non-hydrogen) atoms. The Balaban J connectivity index is 0.000000232. The van der Waals surface area contributed by atoms with E-state index in [-0.39, 0.29) is 0 Å². The maximum absolute atomic E-state index is 14.1. The van der Waals surface area contributed by atoms with Gasteiger partial charge in [-0.25, -0.2) is 4.39 Å². The summed E-state index contributed by atoms with van der Waals surface area (Å²) in [7, 11) is 1.88. The summed E-state index contributed by atoms with van der Waals surface area (Å²) >= 11 is 12.4. The molecule has 2 unspecified atom stereocenters. The quantitative estimate of drug-likeness (QED) is 0.246. The molecule has 2 heterocycles. The van der Waals surface area contributed by atoms with Gasteiger partial charge in [0.15, 0.2) is 11.3 Å². The SMILES string of the molecule is CC/C=C/Cc1ccc(C(C)(F)C(C)O)cc1.CNc1ccc(OC2(c3ncc(Cl)cc3Cl)CCOCC2)cc1. The van der Waals surface area contributed by atoms with Crippen LogP contribution in [0.2, 0.25) is 10.0 Å². The van der Waals surface area contributed by atoms with Crippen LogP contribution in [0.1, 0.15) is 56.9 Å². The summed E-state index contributed by atoms with van der Waals surface area (Å²) in [5, 5.41) is 13.5. The molecule has 0 radical (unpaired) electrons. The van der Waals surface area contributed by atoms with E-state index >= 15 is 0 Å². The number of ether oxygens (including phenoxy) is 2. The van der Waals surface area contributed by atoms with Crippen molar-refractivity contribution in [2.75, 3.05) is 25.6 Å². The highest BCUT2D eigenvalue weighted by molar-refractivity contribution is 6.34. The number of nitrogens with zero attached hydrogens (tertiary/aromatic N) is 1. The number of pyridine rings is 1. The Kier molecular flexibility index (Phi) is 11.8. The molecular formula is C32H39Cl2FN2O3. The number of nitrogens with one attached hydrogen (secondary N) is 1. The Morgan fingerprint density at radius 1 is 1.12 bits per heavy atom. The molecule has 1 aromatic heterocycles. The van der Waals surface area contributed by atoms with Gasteiger partial charge in [-0.1, -0.05) is 66.5 Å². The average Bonchev–Trinajstić information content (AvgIpc) is 2.94. The van der Waals surface area contributed by atoms with Gasteiger partial charge in [0.1, 0.15) is 11.4 Å². The number of alkyl halides is 1. The molecule has 216 valence electrons. The number of halogens is 3. The first kappa shape index (κ1) is 31.9. The minimum atomic E-state index is -1.68. The Morgan fingerprint density at radius 2 is 1.77 bits per heavy atom. The van der Waals surface area contributed by atoms with Crippen molar-refractivity contribution in [3.05, 3.63) is 99.8 Å². The molecule has 1 aliphatic rings. The third kappa shape index (κ3) is 8.43. The molecule has 1 fully saturated rings. The Morgan fingerprint density at radius 3 is 2.33 bits per heavy atom. The minimum Gasteiger partial charge on any atom is -0.481 e. The Bertz CT molecular complexity index is 1230. The van der Waals surface area contributed by atoms with E-state index in [0.29, 0.717) is 47.4 Å². The first-order valence-corrected chi connectivity index (χ1v) is 14.3. The zero-order chi connectivity index (χ0) is 29.2.